The molecular weight excluding hydrogens is 410 g/mol. The van der Waals surface area contributed by atoms with Crippen LogP contribution >= 0.6 is 11.6 Å². The number of aromatic nitrogens is 2. The maximum absolute atomic E-state index is 6.37. The lowest BCUT2D eigenvalue weighted by molar-refractivity contribution is 0.512. The molecule has 0 aliphatic carbocycles. The summed E-state index contributed by atoms with van der Waals surface area (Å²) in [5, 5.41) is 1.71. The van der Waals surface area contributed by atoms with E-state index in [9.17, 15) is 0 Å². The van der Waals surface area contributed by atoms with Gasteiger partial charge in [0, 0.05) is 28.3 Å². The van der Waals surface area contributed by atoms with E-state index in [1.165, 1.54) is 5.56 Å². The summed E-state index contributed by atoms with van der Waals surface area (Å²) in [4.78, 5) is 8.03. The molecule has 158 valence electrons. The van der Waals surface area contributed by atoms with E-state index in [0.717, 1.165) is 45.5 Å². The van der Waals surface area contributed by atoms with Crippen molar-refractivity contribution < 1.29 is 8.83 Å². The Balaban J connectivity index is 1.45. The van der Waals surface area contributed by atoms with Gasteiger partial charge < -0.3 is 19.6 Å². The van der Waals surface area contributed by atoms with E-state index >= 15 is 0 Å². The van der Waals surface area contributed by atoms with E-state index in [0.29, 0.717) is 35.5 Å². The predicted molar refractivity (Wildman–Crippen MR) is 125 cm³/mol. The number of aromatic amines is 1. The van der Waals surface area contributed by atoms with Crippen molar-refractivity contribution in [3.63, 3.8) is 0 Å². The van der Waals surface area contributed by atoms with Crippen LogP contribution in [0.4, 0.5) is 0 Å². The van der Waals surface area contributed by atoms with Crippen molar-refractivity contribution in [2.24, 2.45) is 5.73 Å². The molecule has 5 aromatic rings. The molecule has 0 bridgehead atoms. The molecule has 5 rings (SSSR count). The highest BCUT2D eigenvalue weighted by Crippen LogP contribution is 2.32. The highest BCUT2D eigenvalue weighted by atomic mass is 35.5. The van der Waals surface area contributed by atoms with Gasteiger partial charge in [0.1, 0.15) is 17.1 Å². The number of halogens is 1. The second-order valence-corrected chi connectivity index (χ2v) is 8.64. The zero-order chi connectivity index (χ0) is 21.5. The van der Waals surface area contributed by atoms with Crippen molar-refractivity contribution in [1.82, 2.24) is 9.97 Å². The van der Waals surface area contributed by atoms with Crippen LogP contribution in [-0.2, 0) is 12.8 Å². The average molecular weight is 434 g/mol. The number of nitrogens with one attached hydrogen (secondary N) is 1. The third-order valence-corrected chi connectivity index (χ3v) is 5.70. The number of nitrogens with zero attached hydrogens (tertiary/aromatic N) is 1. The SMILES string of the molecule is CC(C)c1cc2cc(Cl)cc(Cc3ccc(-c4nc5ccc(CCN)cc5[nH]4)o3)c2o1. The highest BCUT2D eigenvalue weighted by molar-refractivity contribution is 6.31. The normalized spacial score (nSPS) is 11.9. The topological polar surface area (TPSA) is 81.0 Å². The van der Waals surface area contributed by atoms with Crippen LogP contribution in [0.2, 0.25) is 5.02 Å². The van der Waals surface area contributed by atoms with Crippen LogP contribution in [0.25, 0.3) is 33.6 Å². The highest BCUT2D eigenvalue weighted by Gasteiger charge is 2.15. The Morgan fingerprint density at radius 1 is 1.06 bits per heavy atom. The summed E-state index contributed by atoms with van der Waals surface area (Å²) in [7, 11) is 0. The molecule has 0 atom stereocenters. The number of rotatable bonds is 6. The van der Waals surface area contributed by atoms with Gasteiger partial charge in [-0.05, 0) is 61.0 Å². The van der Waals surface area contributed by atoms with Crippen LogP contribution in [0, 0.1) is 0 Å². The molecule has 0 fully saturated rings. The molecule has 0 unspecified atom stereocenters. The first-order valence-corrected chi connectivity index (χ1v) is 10.9. The van der Waals surface area contributed by atoms with Crippen molar-refractivity contribution in [2.45, 2.75) is 32.6 Å². The molecule has 0 saturated carbocycles. The van der Waals surface area contributed by atoms with E-state index in [1.54, 1.807) is 0 Å². The molecule has 0 aliphatic rings. The molecule has 31 heavy (non-hydrogen) atoms. The zero-order valence-corrected chi connectivity index (χ0v) is 18.3. The first-order valence-electron chi connectivity index (χ1n) is 10.5. The van der Waals surface area contributed by atoms with Gasteiger partial charge in [-0.3, -0.25) is 0 Å². The molecule has 2 aromatic carbocycles. The van der Waals surface area contributed by atoms with Gasteiger partial charge in [0.2, 0.25) is 0 Å². The van der Waals surface area contributed by atoms with E-state index in [4.69, 9.17) is 26.2 Å². The maximum atomic E-state index is 6.37. The molecule has 0 spiro atoms. The van der Waals surface area contributed by atoms with Gasteiger partial charge in [-0.1, -0.05) is 31.5 Å². The lowest BCUT2D eigenvalue weighted by Crippen LogP contribution is -2.02. The Morgan fingerprint density at radius 2 is 1.94 bits per heavy atom. The second kappa shape index (κ2) is 7.91. The van der Waals surface area contributed by atoms with Gasteiger partial charge in [0.15, 0.2) is 11.6 Å². The Hall–Kier alpha value is -3.02. The standard InChI is InChI=1S/C25H24ClN3O2/c1-14(2)23-13-17-11-18(26)10-16(24(17)31-23)12-19-4-6-22(30-19)25-28-20-5-3-15(7-8-27)9-21(20)29-25/h3-6,9-11,13-14H,7-8,12,27H2,1-2H3,(H,28,29). The van der Waals surface area contributed by atoms with Crippen molar-refractivity contribution in [3.8, 4) is 11.6 Å². The molecule has 0 radical (unpaired) electrons. The summed E-state index contributed by atoms with van der Waals surface area (Å²) in [6.45, 7) is 4.85. The van der Waals surface area contributed by atoms with Crippen LogP contribution in [0.15, 0.2) is 57.4 Å². The Kier molecular flexibility index (Phi) is 5.08. The van der Waals surface area contributed by atoms with Gasteiger partial charge in [0.05, 0.1) is 11.0 Å². The van der Waals surface area contributed by atoms with Crippen LogP contribution < -0.4 is 5.73 Å². The van der Waals surface area contributed by atoms with Crippen molar-refractivity contribution in [3.05, 3.63) is 76.2 Å². The zero-order valence-electron chi connectivity index (χ0n) is 17.5. The Labute approximate surface area is 185 Å². The van der Waals surface area contributed by atoms with E-state index in [1.807, 2.05) is 30.3 Å². The number of imidazole rings is 1. The summed E-state index contributed by atoms with van der Waals surface area (Å²) >= 11 is 6.37. The fraction of sp³-hybridized carbons (Fsp3) is 0.240. The molecule has 6 heteroatoms. The Bertz CT molecular complexity index is 1380. The molecule has 0 aliphatic heterocycles. The Morgan fingerprint density at radius 3 is 2.74 bits per heavy atom. The monoisotopic (exact) mass is 433 g/mol. The summed E-state index contributed by atoms with van der Waals surface area (Å²) in [6.07, 6.45) is 1.43. The van der Waals surface area contributed by atoms with E-state index in [-0.39, 0.29) is 0 Å². The average Bonchev–Trinajstić information content (AvgIpc) is 3.45. The molecule has 0 amide bonds. The lowest BCUT2D eigenvalue weighted by atomic mass is 10.1. The largest absolute Gasteiger partial charge is 0.461 e. The van der Waals surface area contributed by atoms with Crippen molar-refractivity contribution in [2.75, 3.05) is 6.54 Å². The summed E-state index contributed by atoms with van der Waals surface area (Å²) in [5.41, 5.74) is 10.6. The quantitative estimate of drug-likeness (QED) is 0.323. The summed E-state index contributed by atoms with van der Waals surface area (Å²) < 4.78 is 12.2. The van der Waals surface area contributed by atoms with Crippen molar-refractivity contribution >= 4 is 33.6 Å². The predicted octanol–water partition coefficient (Wildman–Crippen LogP) is 6.44. The fourth-order valence-electron chi connectivity index (χ4n) is 3.90. The first-order chi connectivity index (χ1) is 15.0. The molecule has 5 nitrogen and oxygen atoms in total. The lowest BCUT2D eigenvalue weighted by Gasteiger charge is -2.02. The molecule has 3 aromatic heterocycles. The second-order valence-electron chi connectivity index (χ2n) is 8.21. The van der Waals surface area contributed by atoms with Gasteiger partial charge >= 0.3 is 0 Å². The molecule has 3 N–H and O–H groups in total. The van der Waals surface area contributed by atoms with Crippen LogP contribution in [0.1, 0.15) is 42.4 Å². The molecular formula is C25H24ClN3O2. The number of H-pyrrole nitrogens is 1. The number of benzene rings is 2. The van der Waals surface area contributed by atoms with Gasteiger partial charge in [-0.25, -0.2) is 4.98 Å². The number of hydrogen-bond donors (Lipinski definition) is 2. The smallest absolute Gasteiger partial charge is 0.174 e. The van der Waals surface area contributed by atoms with Gasteiger partial charge in [0.25, 0.3) is 0 Å². The van der Waals surface area contributed by atoms with Crippen LogP contribution in [-0.4, -0.2) is 16.5 Å². The van der Waals surface area contributed by atoms with Gasteiger partial charge in [-0.15, -0.1) is 0 Å². The minimum atomic E-state index is 0.313. The van der Waals surface area contributed by atoms with Crippen molar-refractivity contribution in [1.29, 1.82) is 0 Å². The minimum absolute atomic E-state index is 0.313. The number of hydrogen-bond acceptors (Lipinski definition) is 4. The minimum Gasteiger partial charge on any atom is -0.461 e. The number of nitrogens with two attached hydrogens (primary N) is 1. The van der Waals surface area contributed by atoms with E-state index < -0.39 is 0 Å². The molecule has 0 saturated heterocycles. The molecule has 3 heterocycles. The van der Waals surface area contributed by atoms with Crippen LogP contribution in [0.3, 0.4) is 0 Å². The summed E-state index contributed by atoms with van der Waals surface area (Å²) in [5.74, 6) is 3.50. The third kappa shape index (κ3) is 3.87. The number of fused-ring (bicyclic) bond motifs is 2. The van der Waals surface area contributed by atoms with Crippen LogP contribution in [0.5, 0.6) is 0 Å². The van der Waals surface area contributed by atoms with Gasteiger partial charge in [-0.2, -0.15) is 0 Å². The summed E-state index contributed by atoms with van der Waals surface area (Å²) in [6, 6.07) is 16.0. The third-order valence-electron chi connectivity index (χ3n) is 5.49. The number of furan rings is 2. The van der Waals surface area contributed by atoms with E-state index in [2.05, 4.69) is 42.0 Å². The maximum Gasteiger partial charge on any atom is 0.174 e. The fourth-order valence-corrected chi connectivity index (χ4v) is 4.15. The first kappa shape index (κ1) is 19.9.